The first-order valence-electron chi connectivity index (χ1n) is 7.10. The highest BCUT2D eigenvalue weighted by Gasteiger charge is 2.15. The number of hydrogen-bond acceptors (Lipinski definition) is 4. The molecule has 0 radical (unpaired) electrons. The molecule has 0 aliphatic heterocycles. The van der Waals surface area contributed by atoms with Crippen molar-refractivity contribution in [2.75, 3.05) is 12.4 Å². The molecule has 5 nitrogen and oxygen atoms in total. The molecule has 0 spiro atoms. The molecule has 0 saturated heterocycles. The van der Waals surface area contributed by atoms with Crippen molar-refractivity contribution in [3.05, 3.63) is 42.0 Å². The summed E-state index contributed by atoms with van der Waals surface area (Å²) in [5, 5.41) is 3.16. The van der Waals surface area contributed by atoms with Gasteiger partial charge in [0.25, 0.3) is 0 Å². The zero-order valence-electron chi connectivity index (χ0n) is 12.8. The maximum absolute atomic E-state index is 4.74. The Hall–Kier alpha value is -2.43. The first-order valence-corrected chi connectivity index (χ1v) is 7.10. The Labute approximate surface area is 124 Å². The van der Waals surface area contributed by atoms with Gasteiger partial charge in [-0.1, -0.05) is 26.0 Å². The van der Waals surface area contributed by atoms with Crippen molar-refractivity contribution in [2.45, 2.75) is 26.7 Å². The van der Waals surface area contributed by atoms with Crippen molar-refractivity contribution in [3.63, 3.8) is 0 Å². The van der Waals surface area contributed by atoms with Crippen LogP contribution in [-0.4, -0.2) is 26.6 Å². The van der Waals surface area contributed by atoms with Crippen LogP contribution in [-0.2, 0) is 0 Å². The molecular weight excluding hydrogens is 262 g/mol. The van der Waals surface area contributed by atoms with Crippen LogP contribution in [0.25, 0.3) is 16.9 Å². The van der Waals surface area contributed by atoms with Crippen molar-refractivity contribution in [3.8, 4) is 5.82 Å². The number of benzene rings is 1. The topological polar surface area (TPSA) is 55.6 Å². The second-order valence-corrected chi connectivity index (χ2v) is 5.39. The quantitative estimate of drug-likeness (QED) is 0.800. The van der Waals surface area contributed by atoms with Gasteiger partial charge in [0.2, 0.25) is 0 Å². The van der Waals surface area contributed by atoms with Gasteiger partial charge in [-0.15, -0.1) is 0 Å². The third-order valence-corrected chi connectivity index (χ3v) is 3.57. The fraction of sp³-hybridized carbons (Fsp3) is 0.312. The maximum Gasteiger partial charge on any atom is 0.147 e. The lowest BCUT2D eigenvalue weighted by atomic mass is 10.2. The minimum Gasteiger partial charge on any atom is -0.373 e. The molecular formula is C16H19N5. The van der Waals surface area contributed by atoms with Gasteiger partial charge >= 0.3 is 0 Å². The van der Waals surface area contributed by atoms with Crippen LogP contribution in [0.1, 0.15) is 31.2 Å². The van der Waals surface area contributed by atoms with Crippen LogP contribution >= 0.6 is 0 Å². The van der Waals surface area contributed by atoms with E-state index in [2.05, 4.69) is 35.2 Å². The Morgan fingerprint density at radius 2 is 1.90 bits per heavy atom. The molecule has 2 heterocycles. The Morgan fingerprint density at radius 1 is 1.14 bits per heavy atom. The summed E-state index contributed by atoms with van der Waals surface area (Å²) in [5.41, 5.74) is 3.04. The molecule has 2 aromatic heterocycles. The van der Waals surface area contributed by atoms with E-state index in [4.69, 9.17) is 4.98 Å². The molecule has 0 aliphatic carbocycles. The van der Waals surface area contributed by atoms with E-state index in [1.54, 1.807) is 0 Å². The zero-order valence-corrected chi connectivity index (χ0v) is 12.8. The first-order chi connectivity index (χ1) is 10.1. The van der Waals surface area contributed by atoms with E-state index in [0.717, 1.165) is 34.1 Å². The highest BCUT2D eigenvalue weighted by atomic mass is 15.1. The van der Waals surface area contributed by atoms with E-state index in [9.17, 15) is 0 Å². The summed E-state index contributed by atoms with van der Waals surface area (Å²) >= 11 is 0. The molecule has 3 aromatic rings. The predicted molar refractivity (Wildman–Crippen MR) is 85.0 cm³/mol. The molecule has 0 unspecified atom stereocenters. The highest BCUT2D eigenvalue weighted by Crippen LogP contribution is 2.25. The number of para-hydroxylation sites is 2. The average Bonchev–Trinajstić information content (AvgIpc) is 2.91. The first kappa shape index (κ1) is 13.5. The summed E-state index contributed by atoms with van der Waals surface area (Å²) in [4.78, 5) is 13.8. The Kier molecular flexibility index (Phi) is 3.33. The zero-order chi connectivity index (χ0) is 15.0. The molecule has 0 saturated carbocycles. The van der Waals surface area contributed by atoms with Crippen LogP contribution in [0.5, 0.6) is 0 Å². The molecule has 108 valence electrons. The minimum atomic E-state index is 0.270. The summed E-state index contributed by atoms with van der Waals surface area (Å²) < 4.78 is 2.03. The third kappa shape index (κ3) is 2.24. The summed E-state index contributed by atoms with van der Waals surface area (Å²) in [6, 6.07) is 8.06. The van der Waals surface area contributed by atoms with Gasteiger partial charge in [0.05, 0.1) is 11.0 Å². The van der Waals surface area contributed by atoms with Gasteiger partial charge in [0.15, 0.2) is 0 Å². The monoisotopic (exact) mass is 281 g/mol. The number of fused-ring (bicyclic) bond motifs is 1. The van der Waals surface area contributed by atoms with E-state index >= 15 is 0 Å². The number of nitrogens with zero attached hydrogens (tertiary/aromatic N) is 4. The van der Waals surface area contributed by atoms with Gasteiger partial charge in [-0.25, -0.2) is 15.0 Å². The summed E-state index contributed by atoms with van der Waals surface area (Å²) in [5.74, 6) is 2.84. The molecule has 0 fully saturated rings. The Balaban J connectivity index is 2.28. The Bertz CT molecular complexity index is 788. The van der Waals surface area contributed by atoms with E-state index in [-0.39, 0.29) is 5.92 Å². The minimum absolute atomic E-state index is 0.270. The molecule has 0 aliphatic rings. The summed E-state index contributed by atoms with van der Waals surface area (Å²) in [7, 11) is 1.88. The lowest BCUT2D eigenvalue weighted by Crippen LogP contribution is -2.10. The van der Waals surface area contributed by atoms with Gasteiger partial charge in [-0.3, -0.25) is 4.57 Å². The largest absolute Gasteiger partial charge is 0.373 e. The van der Waals surface area contributed by atoms with Crippen LogP contribution < -0.4 is 5.32 Å². The molecule has 0 atom stereocenters. The van der Waals surface area contributed by atoms with E-state index in [1.165, 1.54) is 0 Å². The van der Waals surface area contributed by atoms with Gasteiger partial charge < -0.3 is 5.32 Å². The highest BCUT2D eigenvalue weighted by molar-refractivity contribution is 5.77. The molecule has 0 amide bonds. The molecule has 21 heavy (non-hydrogen) atoms. The van der Waals surface area contributed by atoms with Crippen LogP contribution in [0.15, 0.2) is 30.6 Å². The number of imidazole rings is 1. The number of rotatable bonds is 3. The fourth-order valence-corrected chi connectivity index (χ4v) is 2.39. The van der Waals surface area contributed by atoms with E-state index in [1.807, 2.05) is 43.1 Å². The number of anilines is 1. The SMILES string of the molecule is CNc1nc(C(C)C)nc(-n2cnc3ccccc32)c1C. The molecule has 1 aromatic carbocycles. The number of hydrogen-bond donors (Lipinski definition) is 1. The lowest BCUT2D eigenvalue weighted by Gasteiger charge is -2.14. The second-order valence-electron chi connectivity index (χ2n) is 5.39. The molecule has 5 heteroatoms. The van der Waals surface area contributed by atoms with Crippen molar-refractivity contribution >= 4 is 16.9 Å². The Morgan fingerprint density at radius 3 is 2.62 bits per heavy atom. The van der Waals surface area contributed by atoms with Gasteiger partial charge in [0.1, 0.15) is 23.8 Å². The third-order valence-electron chi connectivity index (χ3n) is 3.57. The molecule has 3 rings (SSSR count). The van der Waals surface area contributed by atoms with E-state index < -0.39 is 0 Å². The second kappa shape index (κ2) is 5.16. The van der Waals surface area contributed by atoms with Gasteiger partial charge in [-0.05, 0) is 19.1 Å². The van der Waals surface area contributed by atoms with Crippen LogP contribution in [0.4, 0.5) is 5.82 Å². The standard InChI is InChI=1S/C16H19N5/c1-10(2)14-19-15(17-4)11(3)16(20-14)21-9-18-12-7-5-6-8-13(12)21/h5-10H,1-4H3,(H,17,19,20). The summed E-state index contributed by atoms with van der Waals surface area (Å²) in [6.07, 6.45) is 1.82. The lowest BCUT2D eigenvalue weighted by molar-refractivity contribution is 0.762. The van der Waals surface area contributed by atoms with Crippen molar-refractivity contribution < 1.29 is 0 Å². The molecule has 0 bridgehead atoms. The van der Waals surface area contributed by atoms with E-state index in [0.29, 0.717) is 0 Å². The normalized spacial score (nSPS) is 11.3. The number of nitrogens with one attached hydrogen (secondary N) is 1. The van der Waals surface area contributed by atoms with Crippen LogP contribution in [0.2, 0.25) is 0 Å². The number of aromatic nitrogens is 4. The smallest absolute Gasteiger partial charge is 0.147 e. The molecule has 1 N–H and O–H groups in total. The predicted octanol–water partition coefficient (Wildman–Crippen LogP) is 3.29. The summed E-state index contributed by atoms with van der Waals surface area (Å²) in [6.45, 7) is 6.22. The van der Waals surface area contributed by atoms with Crippen LogP contribution in [0, 0.1) is 6.92 Å². The maximum atomic E-state index is 4.74. The van der Waals surface area contributed by atoms with Crippen molar-refractivity contribution in [1.82, 2.24) is 19.5 Å². The van der Waals surface area contributed by atoms with Gasteiger partial charge in [-0.2, -0.15) is 0 Å². The van der Waals surface area contributed by atoms with Gasteiger partial charge in [0, 0.05) is 18.5 Å². The van der Waals surface area contributed by atoms with Crippen molar-refractivity contribution in [2.24, 2.45) is 0 Å². The van der Waals surface area contributed by atoms with Crippen molar-refractivity contribution in [1.29, 1.82) is 0 Å². The average molecular weight is 281 g/mol. The van der Waals surface area contributed by atoms with Crippen LogP contribution in [0.3, 0.4) is 0 Å². The fourth-order valence-electron chi connectivity index (χ4n) is 2.39.